The molecule has 3 rings (SSSR count). The summed E-state index contributed by atoms with van der Waals surface area (Å²) in [5.74, 6) is 0. The van der Waals surface area contributed by atoms with Crippen LogP contribution in [0.3, 0.4) is 0 Å². The van der Waals surface area contributed by atoms with Crippen LogP contribution in [0.4, 0.5) is 4.79 Å². The Hall–Kier alpha value is -2.11. The van der Waals surface area contributed by atoms with E-state index in [0.717, 1.165) is 6.42 Å². The first kappa shape index (κ1) is 17.7. The number of carbonyl (C=O) groups excluding carboxylic acids is 1. The lowest BCUT2D eigenvalue weighted by Crippen LogP contribution is -2.42. The Balaban J connectivity index is 1.50. The minimum absolute atomic E-state index is 0.0945. The smallest absolute Gasteiger partial charge is 0.317 e. The van der Waals surface area contributed by atoms with Gasteiger partial charge in [-0.2, -0.15) is 0 Å². The quantitative estimate of drug-likeness (QED) is 0.798. The number of nitrogens with zero attached hydrogens (tertiary/aromatic N) is 1. The molecule has 0 saturated carbocycles. The van der Waals surface area contributed by atoms with Gasteiger partial charge < -0.3 is 20.4 Å². The SMILES string of the molecule is O=C(NCCc1ccc2ccccc2c1)N1CCCC(O)(CO)CC1. The molecule has 2 aromatic rings. The van der Waals surface area contributed by atoms with Crippen LogP contribution < -0.4 is 5.32 Å². The van der Waals surface area contributed by atoms with E-state index in [-0.39, 0.29) is 12.6 Å². The van der Waals surface area contributed by atoms with Crippen molar-refractivity contribution in [2.45, 2.75) is 31.3 Å². The fraction of sp³-hybridized carbons (Fsp3) is 0.450. The average Bonchev–Trinajstić information content (AvgIpc) is 2.84. The van der Waals surface area contributed by atoms with Gasteiger partial charge in [0, 0.05) is 19.6 Å². The van der Waals surface area contributed by atoms with Crippen molar-refractivity contribution in [3.8, 4) is 0 Å². The van der Waals surface area contributed by atoms with Gasteiger partial charge in [-0.05, 0) is 42.0 Å². The Kier molecular flexibility index (Phi) is 5.56. The number of fused-ring (bicyclic) bond motifs is 1. The molecule has 1 aliphatic rings. The molecular weight excluding hydrogens is 316 g/mol. The van der Waals surface area contributed by atoms with Crippen LogP contribution in [0.5, 0.6) is 0 Å². The van der Waals surface area contributed by atoms with E-state index in [1.165, 1.54) is 16.3 Å². The second-order valence-corrected chi connectivity index (χ2v) is 6.89. The summed E-state index contributed by atoms with van der Waals surface area (Å²) in [5.41, 5.74) is 0.157. The highest BCUT2D eigenvalue weighted by Crippen LogP contribution is 2.21. The third-order valence-electron chi connectivity index (χ3n) is 5.00. The van der Waals surface area contributed by atoms with E-state index in [0.29, 0.717) is 38.9 Å². The van der Waals surface area contributed by atoms with Crippen molar-refractivity contribution in [3.63, 3.8) is 0 Å². The van der Waals surface area contributed by atoms with Crippen molar-refractivity contribution in [1.82, 2.24) is 10.2 Å². The number of likely N-dealkylation sites (tertiary alicyclic amines) is 1. The summed E-state index contributed by atoms with van der Waals surface area (Å²) < 4.78 is 0. The van der Waals surface area contributed by atoms with Crippen LogP contribution in [0, 0.1) is 0 Å². The molecular formula is C20H26N2O3. The maximum atomic E-state index is 12.3. The van der Waals surface area contributed by atoms with Gasteiger partial charge in [0.25, 0.3) is 0 Å². The molecule has 2 aromatic carbocycles. The summed E-state index contributed by atoms with van der Waals surface area (Å²) in [6.45, 7) is 1.42. The second kappa shape index (κ2) is 7.85. The lowest BCUT2D eigenvalue weighted by Gasteiger charge is -2.24. The Morgan fingerprint density at radius 3 is 2.72 bits per heavy atom. The summed E-state index contributed by atoms with van der Waals surface area (Å²) in [6.07, 6.45) is 2.44. The minimum atomic E-state index is -1.04. The van der Waals surface area contributed by atoms with Crippen LogP contribution >= 0.6 is 0 Å². The van der Waals surface area contributed by atoms with Crippen LogP contribution in [-0.4, -0.2) is 53.0 Å². The monoisotopic (exact) mass is 342 g/mol. The number of hydrogen-bond acceptors (Lipinski definition) is 3. The molecule has 0 bridgehead atoms. The maximum Gasteiger partial charge on any atom is 0.317 e. The highest BCUT2D eigenvalue weighted by molar-refractivity contribution is 5.83. The summed E-state index contributed by atoms with van der Waals surface area (Å²) in [4.78, 5) is 14.1. The first-order valence-electron chi connectivity index (χ1n) is 8.93. The van der Waals surface area contributed by atoms with E-state index in [9.17, 15) is 15.0 Å². The molecule has 1 saturated heterocycles. The molecule has 1 heterocycles. The van der Waals surface area contributed by atoms with Crippen molar-refractivity contribution in [3.05, 3.63) is 48.0 Å². The Morgan fingerprint density at radius 1 is 1.12 bits per heavy atom. The zero-order valence-corrected chi connectivity index (χ0v) is 14.4. The van der Waals surface area contributed by atoms with Gasteiger partial charge in [-0.25, -0.2) is 4.79 Å². The molecule has 0 aliphatic carbocycles. The van der Waals surface area contributed by atoms with Gasteiger partial charge in [0.05, 0.1) is 12.2 Å². The molecule has 25 heavy (non-hydrogen) atoms. The Labute approximate surface area is 148 Å². The normalized spacial score (nSPS) is 21.1. The van der Waals surface area contributed by atoms with Crippen molar-refractivity contribution < 1.29 is 15.0 Å². The second-order valence-electron chi connectivity index (χ2n) is 6.89. The van der Waals surface area contributed by atoms with Gasteiger partial charge in [-0.3, -0.25) is 0 Å². The molecule has 1 atom stereocenters. The molecule has 0 radical (unpaired) electrons. The van der Waals surface area contributed by atoms with Gasteiger partial charge in [-0.1, -0.05) is 42.5 Å². The highest BCUT2D eigenvalue weighted by atomic mass is 16.3. The summed E-state index contributed by atoms with van der Waals surface area (Å²) in [6, 6.07) is 14.5. The van der Waals surface area contributed by atoms with E-state index < -0.39 is 5.60 Å². The first-order chi connectivity index (χ1) is 12.1. The molecule has 1 fully saturated rings. The molecule has 5 nitrogen and oxygen atoms in total. The zero-order valence-electron chi connectivity index (χ0n) is 14.4. The number of nitrogens with one attached hydrogen (secondary N) is 1. The molecule has 1 aliphatic heterocycles. The van der Waals surface area contributed by atoms with Crippen molar-refractivity contribution in [2.24, 2.45) is 0 Å². The van der Waals surface area contributed by atoms with Crippen LogP contribution in [0.1, 0.15) is 24.8 Å². The standard InChI is InChI=1S/C20H26N2O3/c23-15-20(25)9-3-12-22(13-10-20)19(24)21-11-8-16-6-7-17-4-1-2-5-18(17)14-16/h1-2,4-7,14,23,25H,3,8-13,15H2,(H,21,24). The van der Waals surface area contributed by atoms with Gasteiger partial charge in [0.1, 0.15) is 0 Å². The third kappa shape index (κ3) is 4.50. The molecule has 134 valence electrons. The Morgan fingerprint density at radius 2 is 1.92 bits per heavy atom. The number of benzene rings is 2. The van der Waals surface area contributed by atoms with E-state index in [1.54, 1.807) is 4.90 Å². The summed E-state index contributed by atoms with van der Waals surface area (Å²) in [5, 5.41) is 24.8. The largest absolute Gasteiger partial charge is 0.393 e. The summed E-state index contributed by atoms with van der Waals surface area (Å²) in [7, 11) is 0. The van der Waals surface area contributed by atoms with E-state index >= 15 is 0 Å². The fourth-order valence-corrected chi connectivity index (χ4v) is 3.36. The zero-order chi connectivity index (χ0) is 17.7. The van der Waals surface area contributed by atoms with Crippen molar-refractivity contribution in [2.75, 3.05) is 26.2 Å². The van der Waals surface area contributed by atoms with Gasteiger partial charge in [-0.15, -0.1) is 0 Å². The molecule has 5 heteroatoms. The van der Waals surface area contributed by atoms with Crippen molar-refractivity contribution >= 4 is 16.8 Å². The predicted octanol–water partition coefficient (Wildman–Crippen LogP) is 2.30. The number of hydrogen-bond donors (Lipinski definition) is 3. The highest BCUT2D eigenvalue weighted by Gasteiger charge is 2.30. The Bertz CT molecular complexity index is 734. The predicted molar refractivity (Wildman–Crippen MR) is 98.5 cm³/mol. The molecule has 2 amide bonds. The van der Waals surface area contributed by atoms with Crippen LogP contribution in [0.25, 0.3) is 10.8 Å². The topological polar surface area (TPSA) is 72.8 Å². The number of carbonyl (C=O) groups is 1. The molecule has 0 aromatic heterocycles. The lowest BCUT2D eigenvalue weighted by molar-refractivity contribution is -0.0248. The van der Waals surface area contributed by atoms with E-state index in [1.807, 2.05) is 12.1 Å². The van der Waals surface area contributed by atoms with E-state index in [2.05, 4.69) is 35.6 Å². The number of amides is 2. The van der Waals surface area contributed by atoms with Crippen LogP contribution in [0.15, 0.2) is 42.5 Å². The fourth-order valence-electron chi connectivity index (χ4n) is 3.36. The van der Waals surface area contributed by atoms with E-state index in [4.69, 9.17) is 0 Å². The molecule has 3 N–H and O–H groups in total. The molecule has 0 spiro atoms. The van der Waals surface area contributed by atoms with Gasteiger partial charge in [0.2, 0.25) is 0 Å². The van der Waals surface area contributed by atoms with Gasteiger partial charge >= 0.3 is 6.03 Å². The maximum absolute atomic E-state index is 12.3. The van der Waals surface area contributed by atoms with Gasteiger partial charge in [0.15, 0.2) is 0 Å². The molecule has 1 unspecified atom stereocenters. The van der Waals surface area contributed by atoms with Crippen LogP contribution in [0.2, 0.25) is 0 Å². The first-order valence-corrected chi connectivity index (χ1v) is 8.93. The lowest BCUT2D eigenvalue weighted by atomic mass is 9.96. The number of aliphatic hydroxyl groups is 2. The average molecular weight is 342 g/mol. The minimum Gasteiger partial charge on any atom is -0.393 e. The number of urea groups is 1. The van der Waals surface area contributed by atoms with Crippen molar-refractivity contribution in [1.29, 1.82) is 0 Å². The summed E-state index contributed by atoms with van der Waals surface area (Å²) >= 11 is 0. The number of rotatable bonds is 4. The number of aliphatic hydroxyl groups excluding tert-OH is 1. The third-order valence-corrected chi connectivity index (χ3v) is 5.00. The van der Waals surface area contributed by atoms with Crippen LogP contribution in [-0.2, 0) is 6.42 Å².